The van der Waals surface area contributed by atoms with Gasteiger partial charge in [-0.1, -0.05) is 6.07 Å². The molecule has 1 heterocycles. The minimum atomic E-state index is 0.586. The molecule has 2 rings (SSSR count). The van der Waals surface area contributed by atoms with Crippen LogP contribution in [0.25, 0.3) is 0 Å². The predicted octanol–water partition coefficient (Wildman–Crippen LogP) is 2.58. The number of hydrogen-bond donors (Lipinski definition) is 1. The third kappa shape index (κ3) is 3.66. The highest BCUT2D eigenvalue weighted by atomic mass is 16.5. The summed E-state index contributed by atoms with van der Waals surface area (Å²) in [4.78, 5) is 4.16. The van der Waals surface area contributed by atoms with Gasteiger partial charge in [0.25, 0.3) is 0 Å². The van der Waals surface area contributed by atoms with E-state index in [1.165, 1.54) is 0 Å². The molecule has 0 saturated carbocycles. The molecule has 0 unspecified atom stereocenters. The summed E-state index contributed by atoms with van der Waals surface area (Å²) in [7, 11) is 1.65. The first kappa shape index (κ1) is 12.2. The third-order valence-electron chi connectivity index (χ3n) is 2.40. The summed E-state index contributed by atoms with van der Waals surface area (Å²) >= 11 is 0. The minimum Gasteiger partial charge on any atom is -0.497 e. The quantitative estimate of drug-likeness (QED) is 0.793. The van der Waals surface area contributed by atoms with Crippen molar-refractivity contribution in [3.63, 3.8) is 0 Å². The summed E-state index contributed by atoms with van der Waals surface area (Å²) in [5.74, 6) is 2.52. The zero-order valence-electron chi connectivity index (χ0n) is 10.3. The number of hydrogen-bond acceptors (Lipinski definition) is 4. The van der Waals surface area contributed by atoms with Crippen LogP contribution in [0.1, 0.15) is 0 Å². The second kappa shape index (κ2) is 6.49. The van der Waals surface area contributed by atoms with Crippen LogP contribution in [0.15, 0.2) is 48.7 Å². The van der Waals surface area contributed by atoms with Gasteiger partial charge in [-0.2, -0.15) is 0 Å². The van der Waals surface area contributed by atoms with Gasteiger partial charge in [-0.15, -0.1) is 0 Å². The fourth-order valence-corrected chi connectivity index (χ4v) is 1.49. The third-order valence-corrected chi connectivity index (χ3v) is 2.40. The molecule has 0 amide bonds. The van der Waals surface area contributed by atoms with Crippen molar-refractivity contribution >= 4 is 5.82 Å². The molecule has 1 aromatic carbocycles. The summed E-state index contributed by atoms with van der Waals surface area (Å²) < 4.78 is 10.7. The fraction of sp³-hybridized carbons (Fsp3) is 0.214. The number of nitrogens with one attached hydrogen (secondary N) is 1. The van der Waals surface area contributed by atoms with E-state index in [4.69, 9.17) is 9.47 Å². The molecule has 0 aliphatic carbocycles. The SMILES string of the molecule is COc1ccc(OCCNc2ccccn2)cc1. The van der Waals surface area contributed by atoms with Gasteiger partial charge in [0, 0.05) is 6.20 Å². The Labute approximate surface area is 107 Å². The topological polar surface area (TPSA) is 43.4 Å². The zero-order chi connectivity index (χ0) is 12.6. The Balaban J connectivity index is 1.72. The van der Waals surface area contributed by atoms with Crippen molar-refractivity contribution in [1.29, 1.82) is 0 Å². The number of aromatic nitrogens is 1. The highest BCUT2D eigenvalue weighted by Crippen LogP contribution is 2.16. The van der Waals surface area contributed by atoms with Crippen LogP contribution < -0.4 is 14.8 Å². The Morgan fingerprint density at radius 2 is 1.83 bits per heavy atom. The summed E-state index contributed by atoms with van der Waals surface area (Å²) in [6, 6.07) is 13.3. The van der Waals surface area contributed by atoms with Gasteiger partial charge in [0.15, 0.2) is 0 Å². The molecule has 0 aliphatic heterocycles. The van der Waals surface area contributed by atoms with Crippen molar-refractivity contribution in [2.45, 2.75) is 0 Å². The van der Waals surface area contributed by atoms with Crippen LogP contribution in [0.4, 0.5) is 5.82 Å². The van der Waals surface area contributed by atoms with Gasteiger partial charge in [0.2, 0.25) is 0 Å². The van der Waals surface area contributed by atoms with E-state index in [1.807, 2.05) is 42.5 Å². The molecule has 0 aliphatic rings. The zero-order valence-corrected chi connectivity index (χ0v) is 10.3. The Bertz CT molecular complexity index is 457. The average Bonchev–Trinajstić information content (AvgIpc) is 2.45. The number of nitrogens with zero attached hydrogens (tertiary/aromatic N) is 1. The molecule has 4 heteroatoms. The van der Waals surface area contributed by atoms with E-state index in [2.05, 4.69) is 10.3 Å². The van der Waals surface area contributed by atoms with Gasteiger partial charge in [-0.3, -0.25) is 0 Å². The first-order chi connectivity index (χ1) is 8.88. The smallest absolute Gasteiger partial charge is 0.125 e. The molecule has 1 N–H and O–H groups in total. The van der Waals surface area contributed by atoms with Crippen LogP contribution in [0.2, 0.25) is 0 Å². The molecule has 0 radical (unpaired) electrons. The van der Waals surface area contributed by atoms with E-state index in [0.717, 1.165) is 17.3 Å². The monoisotopic (exact) mass is 244 g/mol. The van der Waals surface area contributed by atoms with Gasteiger partial charge in [-0.05, 0) is 36.4 Å². The number of benzene rings is 1. The minimum absolute atomic E-state index is 0.586. The molecular weight excluding hydrogens is 228 g/mol. The average molecular weight is 244 g/mol. The van der Waals surface area contributed by atoms with E-state index in [-0.39, 0.29) is 0 Å². The Morgan fingerprint density at radius 1 is 1.06 bits per heavy atom. The normalized spacial score (nSPS) is 9.83. The molecule has 0 bridgehead atoms. The summed E-state index contributed by atoms with van der Waals surface area (Å²) in [5, 5.41) is 3.18. The number of anilines is 1. The van der Waals surface area contributed by atoms with Gasteiger partial charge < -0.3 is 14.8 Å². The van der Waals surface area contributed by atoms with E-state index >= 15 is 0 Å². The van der Waals surface area contributed by atoms with Crippen LogP contribution in [0.5, 0.6) is 11.5 Å². The summed E-state index contributed by atoms with van der Waals surface area (Å²) in [6.07, 6.45) is 1.76. The van der Waals surface area contributed by atoms with E-state index < -0.39 is 0 Å². The van der Waals surface area contributed by atoms with Gasteiger partial charge in [0.05, 0.1) is 13.7 Å². The van der Waals surface area contributed by atoms with Crippen LogP contribution in [0.3, 0.4) is 0 Å². The maximum Gasteiger partial charge on any atom is 0.125 e. The molecule has 0 saturated heterocycles. The molecule has 0 atom stereocenters. The van der Waals surface area contributed by atoms with Crippen molar-refractivity contribution in [2.75, 3.05) is 25.6 Å². The van der Waals surface area contributed by atoms with E-state index in [1.54, 1.807) is 13.3 Å². The lowest BCUT2D eigenvalue weighted by atomic mass is 10.3. The standard InChI is InChI=1S/C14H16N2O2/c1-17-12-5-7-13(8-6-12)18-11-10-16-14-4-2-3-9-15-14/h2-9H,10-11H2,1H3,(H,15,16). The van der Waals surface area contributed by atoms with E-state index in [9.17, 15) is 0 Å². The molecule has 4 nitrogen and oxygen atoms in total. The van der Waals surface area contributed by atoms with Gasteiger partial charge in [0.1, 0.15) is 23.9 Å². The van der Waals surface area contributed by atoms with Crippen LogP contribution >= 0.6 is 0 Å². The first-order valence-electron chi connectivity index (χ1n) is 5.80. The molecular formula is C14H16N2O2. The Hall–Kier alpha value is -2.23. The van der Waals surface area contributed by atoms with Crippen LogP contribution in [0, 0.1) is 0 Å². The van der Waals surface area contributed by atoms with Gasteiger partial charge in [-0.25, -0.2) is 4.98 Å². The number of methoxy groups -OCH3 is 1. The molecule has 0 spiro atoms. The highest BCUT2D eigenvalue weighted by Gasteiger charge is 1.95. The predicted molar refractivity (Wildman–Crippen MR) is 71.2 cm³/mol. The second-order valence-electron chi connectivity index (χ2n) is 3.67. The molecule has 94 valence electrons. The molecule has 1 aromatic heterocycles. The van der Waals surface area contributed by atoms with Crippen LogP contribution in [-0.4, -0.2) is 25.2 Å². The summed E-state index contributed by atoms with van der Waals surface area (Å²) in [6.45, 7) is 1.30. The molecule has 0 fully saturated rings. The van der Waals surface area contributed by atoms with Crippen LogP contribution in [-0.2, 0) is 0 Å². The van der Waals surface area contributed by atoms with Crippen molar-refractivity contribution in [3.8, 4) is 11.5 Å². The largest absolute Gasteiger partial charge is 0.497 e. The van der Waals surface area contributed by atoms with Crippen molar-refractivity contribution < 1.29 is 9.47 Å². The maximum atomic E-state index is 5.58. The van der Waals surface area contributed by atoms with Gasteiger partial charge >= 0.3 is 0 Å². The second-order valence-corrected chi connectivity index (χ2v) is 3.67. The van der Waals surface area contributed by atoms with Crippen molar-refractivity contribution in [2.24, 2.45) is 0 Å². The maximum absolute atomic E-state index is 5.58. The number of ether oxygens (including phenoxy) is 2. The Morgan fingerprint density at radius 3 is 2.50 bits per heavy atom. The molecule has 18 heavy (non-hydrogen) atoms. The first-order valence-corrected chi connectivity index (χ1v) is 5.80. The summed E-state index contributed by atoms with van der Waals surface area (Å²) in [5.41, 5.74) is 0. The lowest BCUT2D eigenvalue weighted by Crippen LogP contribution is -2.12. The van der Waals surface area contributed by atoms with Crippen molar-refractivity contribution in [3.05, 3.63) is 48.7 Å². The number of rotatable bonds is 6. The molecule has 2 aromatic rings. The number of pyridine rings is 1. The highest BCUT2D eigenvalue weighted by molar-refractivity contribution is 5.33. The lowest BCUT2D eigenvalue weighted by Gasteiger charge is -2.08. The lowest BCUT2D eigenvalue weighted by molar-refractivity contribution is 0.331. The van der Waals surface area contributed by atoms with Crippen molar-refractivity contribution in [1.82, 2.24) is 4.98 Å². The Kier molecular flexibility index (Phi) is 4.41. The van der Waals surface area contributed by atoms with E-state index in [0.29, 0.717) is 13.2 Å². The fourth-order valence-electron chi connectivity index (χ4n) is 1.49.